The second kappa shape index (κ2) is 30.2. The maximum atomic E-state index is 12.8. The van der Waals surface area contributed by atoms with Crippen LogP contribution in [0.3, 0.4) is 0 Å². The zero-order valence-electron chi connectivity index (χ0n) is 43.8. The number of carbonyl (C=O) groups excluding carboxylic acids is 3. The van der Waals surface area contributed by atoms with Crippen LogP contribution in [0, 0.1) is 0 Å². The number of carbonyl (C=O) groups is 4. The van der Waals surface area contributed by atoms with Crippen LogP contribution in [-0.2, 0) is 39.2 Å². The molecule has 4 aromatic rings. The molecular formula is C50H62Cl4F6N8O9S2. The van der Waals surface area contributed by atoms with Crippen molar-refractivity contribution in [2.75, 3.05) is 101 Å². The summed E-state index contributed by atoms with van der Waals surface area (Å²) in [5.41, 5.74) is 9.63. The standard InChI is InChI=1S/C23H30Cl2N4O3S.C13H21N3.C10H11Cl2NO4S.C4F6O2/c1-17(2)28-13-15-29(16-14-28)19-9-7-18(8-10-19)26-22(30)11-12-27(3)33(31,32)21-6-4-5-20(24)23(21)25;1-15(2)12-7-9-16(10-8-12)13-5-3-11(14)4-6-13;1-13(6-5-9(14)15)18(16,17)8-4-2-3-7(11)10(8)12;5-3(6,7)1(11)2(12)4(8,9)10/h4-10,17H,11-16H2,1-3H3,(H,26,30);3-6,12H,7-10,14H2,1-2H3;2-4H,5-6H2,1H3,(H,14,15);. The van der Waals surface area contributed by atoms with Crippen LogP contribution in [0.2, 0.25) is 20.1 Å². The van der Waals surface area contributed by atoms with Crippen molar-refractivity contribution >= 4 is 113 Å². The molecule has 29 heteroatoms. The van der Waals surface area contributed by atoms with Crippen molar-refractivity contribution in [3.8, 4) is 0 Å². The van der Waals surface area contributed by atoms with Crippen LogP contribution < -0.4 is 20.9 Å². The molecule has 0 aliphatic carbocycles. The summed E-state index contributed by atoms with van der Waals surface area (Å²) in [6.07, 6.45) is -9.32. The third-order valence-corrected chi connectivity index (χ3v) is 17.9. The van der Waals surface area contributed by atoms with Gasteiger partial charge in [0.2, 0.25) is 26.0 Å². The first-order valence-corrected chi connectivity index (χ1v) is 28.4. The van der Waals surface area contributed by atoms with E-state index in [4.69, 9.17) is 57.2 Å². The molecule has 0 aromatic heterocycles. The van der Waals surface area contributed by atoms with Gasteiger partial charge in [0.15, 0.2) is 0 Å². The number of anilines is 4. The summed E-state index contributed by atoms with van der Waals surface area (Å²) in [5.74, 6) is -8.16. The van der Waals surface area contributed by atoms with Gasteiger partial charge in [-0.25, -0.2) is 25.4 Å². The predicted molar refractivity (Wildman–Crippen MR) is 295 cm³/mol. The Hall–Kier alpha value is -4.96. The van der Waals surface area contributed by atoms with Crippen LogP contribution in [0.4, 0.5) is 49.1 Å². The second-order valence-corrected chi connectivity index (χ2v) is 23.9. The molecule has 1 amide bonds. The molecule has 438 valence electrons. The molecule has 2 aliphatic heterocycles. The van der Waals surface area contributed by atoms with Crippen molar-refractivity contribution in [1.82, 2.24) is 18.4 Å². The number of amides is 1. The summed E-state index contributed by atoms with van der Waals surface area (Å²) in [4.78, 5) is 51.4. The Morgan fingerprint density at radius 3 is 1.41 bits per heavy atom. The third-order valence-electron chi connectivity index (χ3n) is 12.2. The van der Waals surface area contributed by atoms with Gasteiger partial charge >= 0.3 is 29.9 Å². The number of nitrogens with zero attached hydrogens (tertiary/aromatic N) is 6. The molecule has 0 bridgehead atoms. The Bertz CT molecular complexity index is 2890. The molecule has 2 saturated heterocycles. The summed E-state index contributed by atoms with van der Waals surface area (Å²) in [5, 5.41) is 11.6. The summed E-state index contributed by atoms with van der Waals surface area (Å²) in [6.45, 7) is 10.6. The highest BCUT2D eigenvalue weighted by Crippen LogP contribution is 2.32. The quantitative estimate of drug-likeness (QED) is 0.0542. The zero-order chi connectivity index (χ0) is 59.8. The van der Waals surface area contributed by atoms with Crippen LogP contribution in [0.5, 0.6) is 0 Å². The molecule has 17 nitrogen and oxygen atoms in total. The van der Waals surface area contributed by atoms with Gasteiger partial charge in [-0.2, -0.15) is 26.3 Å². The van der Waals surface area contributed by atoms with E-state index in [2.05, 4.69) is 65.0 Å². The van der Waals surface area contributed by atoms with Crippen LogP contribution in [0.25, 0.3) is 0 Å². The third kappa shape index (κ3) is 20.8. The Morgan fingerprint density at radius 2 is 1.03 bits per heavy atom. The molecule has 0 spiro atoms. The maximum Gasteiger partial charge on any atom is 0.458 e. The molecule has 2 fully saturated rings. The summed E-state index contributed by atoms with van der Waals surface area (Å²) < 4.78 is 119. The zero-order valence-corrected chi connectivity index (χ0v) is 48.4. The number of nitrogen functional groups attached to an aromatic ring is 1. The van der Waals surface area contributed by atoms with E-state index < -0.39 is 49.9 Å². The summed E-state index contributed by atoms with van der Waals surface area (Å²) >= 11 is 23.6. The summed E-state index contributed by atoms with van der Waals surface area (Å²) in [7, 11) is -0.656. The fraction of sp³-hybridized carbons (Fsp3) is 0.440. The Morgan fingerprint density at radius 1 is 0.633 bits per heavy atom. The van der Waals surface area contributed by atoms with E-state index in [1.807, 2.05) is 36.4 Å². The van der Waals surface area contributed by atoms with E-state index in [0.717, 1.165) is 65.3 Å². The van der Waals surface area contributed by atoms with E-state index in [1.165, 1.54) is 69.0 Å². The number of ketones is 2. The number of sulfonamides is 2. The molecule has 0 atom stereocenters. The van der Waals surface area contributed by atoms with Gasteiger partial charge in [-0.3, -0.25) is 24.1 Å². The van der Waals surface area contributed by atoms with Crippen LogP contribution in [0.1, 0.15) is 39.5 Å². The second-order valence-electron chi connectivity index (χ2n) is 18.3. The summed E-state index contributed by atoms with van der Waals surface area (Å²) in [6, 6.07) is 25.9. The SMILES string of the molecule is CC(C)N1CCN(c2ccc(NC(=O)CCN(C)S(=O)(=O)c3cccc(Cl)c3Cl)cc2)CC1.CN(C)C1CCN(c2ccc(N)cc2)CC1.CN(CCC(=O)O)S(=O)(=O)c1cccc(Cl)c1Cl.O=C(C(=O)C(F)(F)F)C(F)(F)F. The van der Waals surface area contributed by atoms with Crippen molar-refractivity contribution in [1.29, 1.82) is 0 Å². The average Bonchev–Trinajstić information content (AvgIpc) is 3.44. The number of piperidine rings is 1. The van der Waals surface area contributed by atoms with Gasteiger partial charge < -0.3 is 30.9 Å². The van der Waals surface area contributed by atoms with Crippen molar-refractivity contribution in [3.63, 3.8) is 0 Å². The minimum absolute atomic E-state index is 0.00677. The highest BCUT2D eigenvalue weighted by molar-refractivity contribution is 7.89. The number of Topliss-reactive ketones (excluding diaryl/α,β-unsaturated/α-hetero) is 2. The lowest BCUT2D eigenvalue weighted by Gasteiger charge is -2.38. The molecule has 2 aliphatic rings. The number of benzene rings is 4. The number of rotatable bonds is 16. The van der Waals surface area contributed by atoms with Gasteiger partial charge in [0.25, 0.3) is 0 Å². The molecule has 6 rings (SSSR count). The maximum absolute atomic E-state index is 12.8. The molecule has 4 aromatic carbocycles. The lowest BCUT2D eigenvalue weighted by molar-refractivity contribution is -0.193. The first-order chi connectivity index (χ1) is 36.6. The molecule has 0 saturated carbocycles. The van der Waals surface area contributed by atoms with Crippen molar-refractivity contribution < 1.29 is 67.5 Å². The van der Waals surface area contributed by atoms with Crippen molar-refractivity contribution in [2.45, 2.75) is 73.8 Å². The van der Waals surface area contributed by atoms with Crippen molar-refractivity contribution in [2.24, 2.45) is 0 Å². The van der Waals surface area contributed by atoms with E-state index >= 15 is 0 Å². The fourth-order valence-electron chi connectivity index (χ4n) is 7.51. The number of carboxylic acids is 1. The van der Waals surface area contributed by atoms with E-state index in [9.17, 15) is 62.4 Å². The molecule has 0 unspecified atom stereocenters. The van der Waals surface area contributed by atoms with Crippen molar-refractivity contribution in [3.05, 3.63) is 105 Å². The molecule has 4 N–H and O–H groups in total. The van der Waals surface area contributed by atoms with Crippen LogP contribution in [0.15, 0.2) is 94.7 Å². The number of alkyl halides is 6. The lowest BCUT2D eigenvalue weighted by atomic mass is 10.0. The number of nitrogens with two attached hydrogens (primary N) is 1. The van der Waals surface area contributed by atoms with E-state index in [0.29, 0.717) is 11.7 Å². The Balaban J connectivity index is 0.000000302. The smallest absolute Gasteiger partial charge is 0.458 e. The van der Waals surface area contributed by atoms with Gasteiger partial charge in [0, 0.05) is 108 Å². The minimum atomic E-state index is -5.77. The number of halogens is 10. The molecule has 0 radical (unpaired) electrons. The predicted octanol–water partition coefficient (Wildman–Crippen LogP) is 9.31. The van der Waals surface area contributed by atoms with Crippen LogP contribution in [-0.4, -0.2) is 169 Å². The van der Waals surface area contributed by atoms with Gasteiger partial charge in [-0.05, 0) is 114 Å². The average molecular weight is 1240 g/mol. The Kier molecular flexibility index (Phi) is 26.1. The number of aliphatic carboxylic acids is 1. The molecule has 79 heavy (non-hydrogen) atoms. The number of carboxylic acid groups (broad SMARTS) is 1. The van der Waals surface area contributed by atoms with Gasteiger partial charge in [0.05, 0.1) is 26.5 Å². The highest BCUT2D eigenvalue weighted by Gasteiger charge is 2.54. The monoisotopic (exact) mass is 1240 g/mol. The first-order valence-electron chi connectivity index (χ1n) is 24.0. The van der Waals surface area contributed by atoms with E-state index in [1.54, 1.807) is 0 Å². The van der Waals surface area contributed by atoms with Gasteiger partial charge in [-0.1, -0.05) is 58.5 Å². The van der Waals surface area contributed by atoms with Crippen LogP contribution >= 0.6 is 46.4 Å². The highest BCUT2D eigenvalue weighted by atomic mass is 35.5. The number of hydrogen-bond acceptors (Lipinski definition) is 13. The first kappa shape index (κ1) is 68.3. The van der Waals surface area contributed by atoms with Gasteiger partial charge in [-0.15, -0.1) is 0 Å². The lowest BCUT2D eigenvalue weighted by Crippen LogP contribution is -2.48. The fourth-order valence-corrected chi connectivity index (χ4v) is 11.3. The number of hydrogen-bond donors (Lipinski definition) is 3. The molecular weight excluding hydrogens is 1180 g/mol. The normalized spacial score (nSPS) is 14.7. The minimum Gasteiger partial charge on any atom is -0.481 e. The van der Waals surface area contributed by atoms with Gasteiger partial charge in [0.1, 0.15) is 9.79 Å². The van der Waals surface area contributed by atoms with E-state index in [-0.39, 0.29) is 61.7 Å². The largest absolute Gasteiger partial charge is 0.481 e. The Labute approximate surface area is 476 Å². The topological polar surface area (TPSA) is 214 Å². The molecule has 2 heterocycles. The number of piperazine rings is 1. The number of nitrogens with one attached hydrogen (secondary N) is 1.